The second-order valence-electron chi connectivity index (χ2n) is 4.81. The molecule has 1 saturated carbocycles. The Labute approximate surface area is 101 Å². The van der Waals surface area contributed by atoms with Crippen LogP contribution in [0.4, 0.5) is 5.82 Å². The van der Waals surface area contributed by atoms with Gasteiger partial charge in [-0.1, -0.05) is 6.92 Å². The normalized spacial score (nSPS) is 16.4. The van der Waals surface area contributed by atoms with E-state index in [0.29, 0.717) is 16.9 Å². The first kappa shape index (κ1) is 11.8. The number of carbonyl (C=O) groups is 1. The fraction of sp³-hybridized carbons (Fsp3) is 0.583. The third-order valence-corrected chi connectivity index (χ3v) is 3.00. The number of amides is 1. The van der Waals surface area contributed by atoms with Crippen LogP contribution in [0.5, 0.6) is 0 Å². The minimum absolute atomic E-state index is 0.148. The highest BCUT2D eigenvalue weighted by Gasteiger charge is 2.37. The Balaban J connectivity index is 1.95. The lowest BCUT2D eigenvalue weighted by molar-refractivity contribution is 0.0941. The van der Waals surface area contributed by atoms with E-state index in [9.17, 15) is 4.79 Å². The van der Waals surface area contributed by atoms with Crippen molar-refractivity contribution in [2.75, 3.05) is 18.4 Å². The van der Waals surface area contributed by atoms with E-state index in [1.807, 2.05) is 6.92 Å². The van der Waals surface area contributed by atoms with Crippen molar-refractivity contribution in [1.29, 1.82) is 0 Å². The van der Waals surface area contributed by atoms with Gasteiger partial charge in [0.1, 0.15) is 11.5 Å². The van der Waals surface area contributed by atoms with Crippen LogP contribution >= 0.6 is 0 Å². The van der Waals surface area contributed by atoms with Crippen molar-refractivity contribution in [3.63, 3.8) is 0 Å². The molecule has 5 heteroatoms. The Hall–Kier alpha value is -1.65. The highest BCUT2D eigenvalue weighted by molar-refractivity contribution is 5.92. The molecule has 0 aliphatic heterocycles. The van der Waals surface area contributed by atoms with Crippen molar-refractivity contribution in [3.05, 3.63) is 18.1 Å². The summed E-state index contributed by atoms with van der Waals surface area (Å²) in [5.41, 5.74) is 0.676. The number of nitrogens with one attached hydrogen (secondary N) is 2. The molecule has 1 aliphatic carbocycles. The zero-order chi connectivity index (χ0) is 12.3. The van der Waals surface area contributed by atoms with Crippen molar-refractivity contribution >= 4 is 11.7 Å². The molecule has 0 bridgehead atoms. The Morgan fingerprint density at radius 1 is 1.47 bits per heavy atom. The van der Waals surface area contributed by atoms with Crippen LogP contribution in [0.2, 0.25) is 0 Å². The van der Waals surface area contributed by atoms with Gasteiger partial charge in [0.25, 0.3) is 5.91 Å². The second-order valence-corrected chi connectivity index (χ2v) is 4.81. The fourth-order valence-corrected chi connectivity index (χ4v) is 1.52. The smallest absolute Gasteiger partial charge is 0.271 e. The van der Waals surface area contributed by atoms with E-state index < -0.39 is 0 Å². The molecule has 0 saturated heterocycles. The number of nitrogens with zero attached hydrogens (tertiary/aromatic N) is 2. The summed E-state index contributed by atoms with van der Waals surface area (Å²) in [5.74, 6) is 0.489. The molecule has 0 aromatic carbocycles. The lowest BCUT2D eigenvalue weighted by Crippen LogP contribution is -2.29. The molecule has 0 atom stereocenters. The van der Waals surface area contributed by atoms with E-state index in [4.69, 9.17) is 0 Å². The van der Waals surface area contributed by atoms with Crippen LogP contribution < -0.4 is 10.6 Å². The van der Waals surface area contributed by atoms with E-state index in [0.717, 1.165) is 13.1 Å². The molecule has 5 nitrogen and oxygen atoms in total. The number of rotatable bonds is 5. The van der Waals surface area contributed by atoms with Crippen LogP contribution in [0.25, 0.3) is 0 Å². The van der Waals surface area contributed by atoms with Gasteiger partial charge in [-0.15, -0.1) is 0 Å². The first-order chi connectivity index (χ1) is 8.13. The number of aromatic nitrogens is 2. The van der Waals surface area contributed by atoms with Crippen LogP contribution in [-0.4, -0.2) is 29.0 Å². The molecule has 0 unspecified atom stereocenters. The maximum Gasteiger partial charge on any atom is 0.271 e. The lowest BCUT2D eigenvalue weighted by atomic mass is 10.1. The Bertz CT molecular complexity index is 415. The first-order valence-electron chi connectivity index (χ1n) is 5.97. The van der Waals surface area contributed by atoms with Gasteiger partial charge in [0.15, 0.2) is 0 Å². The average Bonchev–Trinajstić information content (AvgIpc) is 3.06. The summed E-state index contributed by atoms with van der Waals surface area (Å²) < 4.78 is 0. The molecular weight excluding hydrogens is 216 g/mol. The highest BCUT2D eigenvalue weighted by Crippen LogP contribution is 2.44. The summed E-state index contributed by atoms with van der Waals surface area (Å²) in [6.07, 6.45) is 5.49. The van der Waals surface area contributed by atoms with Crippen LogP contribution in [0.15, 0.2) is 12.4 Å². The van der Waals surface area contributed by atoms with Gasteiger partial charge in [-0.2, -0.15) is 0 Å². The van der Waals surface area contributed by atoms with E-state index in [1.165, 1.54) is 19.0 Å². The largest absolute Gasteiger partial charge is 0.369 e. The standard InChI is InChI=1S/C12H18N4O/c1-3-14-10-7-13-6-9(16-10)11(17)15-8-12(2)4-5-12/h6-7H,3-5,8H2,1-2H3,(H,14,16)(H,15,17). The summed E-state index contributed by atoms with van der Waals surface area (Å²) in [7, 11) is 0. The topological polar surface area (TPSA) is 66.9 Å². The second kappa shape index (κ2) is 4.69. The molecule has 17 heavy (non-hydrogen) atoms. The fourth-order valence-electron chi connectivity index (χ4n) is 1.52. The van der Waals surface area contributed by atoms with Crippen molar-refractivity contribution in [1.82, 2.24) is 15.3 Å². The average molecular weight is 234 g/mol. The zero-order valence-electron chi connectivity index (χ0n) is 10.3. The summed E-state index contributed by atoms with van der Waals surface area (Å²) in [6.45, 7) is 5.63. The highest BCUT2D eigenvalue weighted by atomic mass is 16.1. The lowest BCUT2D eigenvalue weighted by Gasteiger charge is -2.10. The Morgan fingerprint density at radius 3 is 2.88 bits per heavy atom. The molecule has 2 rings (SSSR count). The molecule has 1 aromatic rings. The minimum Gasteiger partial charge on any atom is -0.369 e. The van der Waals surface area contributed by atoms with E-state index >= 15 is 0 Å². The van der Waals surface area contributed by atoms with Gasteiger partial charge >= 0.3 is 0 Å². The summed E-state index contributed by atoms with van der Waals surface area (Å²) in [6, 6.07) is 0. The maximum atomic E-state index is 11.8. The molecule has 0 spiro atoms. The Kier molecular flexibility index (Phi) is 3.26. The molecule has 1 aromatic heterocycles. The monoisotopic (exact) mass is 234 g/mol. The van der Waals surface area contributed by atoms with E-state index in [-0.39, 0.29) is 5.91 Å². The number of carbonyl (C=O) groups excluding carboxylic acids is 1. The van der Waals surface area contributed by atoms with Crippen LogP contribution in [0, 0.1) is 5.41 Å². The molecule has 1 aliphatic rings. The third kappa shape index (κ3) is 3.15. The van der Waals surface area contributed by atoms with Gasteiger partial charge in [-0.3, -0.25) is 9.78 Å². The van der Waals surface area contributed by atoms with Gasteiger partial charge in [-0.05, 0) is 25.2 Å². The number of hydrogen-bond acceptors (Lipinski definition) is 4. The predicted octanol–water partition coefficient (Wildman–Crippen LogP) is 1.44. The van der Waals surface area contributed by atoms with Crippen molar-refractivity contribution in [2.45, 2.75) is 26.7 Å². The molecule has 0 radical (unpaired) electrons. The third-order valence-electron chi connectivity index (χ3n) is 3.00. The summed E-state index contributed by atoms with van der Waals surface area (Å²) in [5, 5.41) is 5.94. The van der Waals surface area contributed by atoms with Gasteiger partial charge in [-0.25, -0.2) is 4.98 Å². The Morgan fingerprint density at radius 2 is 2.24 bits per heavy atom. The number of anilines is 1. The first-order valence-corrected chi connectivity index (χ1v) is 5.97. The van der Waals surface area contributed by atoms with E-state index in [2.05, 4.69) is 27.5 Å². The van der Waals surface area contributed by atoms with Crippen LogP contribution in [0.3, 0.4) is 0 Å². The quantitative estimate of drug-likeness (QED) is 0.809. The maximum absolute atomic E-state index is 11.8. The molecule has 2 N–H and O–H groups in total. The van der Waals surface area contributed by atoms with Gasteiger partial charge < -0.3 is 10.6 Å². The molecule has 1 fully saturated rings. The van der Waals surface area contributed by atoms with Crippen LogP contribution in [-0.2, 0) is 0 Å². The summed E-state index contributed by atoms with van der Waals surface area (Å²) in [4.78, 5) is 20.0. The zero-order valence-corrected chi connectivity index (χ0v) is 10.3. The molecular formula is C12H18N4O. The minimum atomic E-state index is -0.148. The van der Waals surface area contributed by atoms with Crippen LogP contribution in [0.1, 0.15) is 37.2 Å². The summed E-state index contributed by atoms with van der Waals surface area (Å²) >= 11 is 0. The van der Waals surface area contributed by atoms with Gasteiger partial charge in [0.2, 0.25) is 0 Å². The van der Waals surface area contributed by atoms with E-state index in [1.54, 1.807) is 6.20 Å². The van der Waals surface area contributed by atoms with Crippen molar-refractivity contribution in [3.8, 4) is 0 Å². The number of hydrogen-bond donors (Lipinski definition) is 2. The van der Waals surface area contributed by atoms with Crippen molar-refractivity contribution in [2.24, 2.45) is 5.41 Å². The predicted molar refractivity (Wildman–Crippen MR) is 65.9 cm³/mol. The molecule has 92 valence electrons. The SMILES string of the molecule is CCNc1cncc(C(=O)NCC2(C)CC2)n1. The van der Waals surface area contributed by atoms with Crippen molar-refractivity contribution < 1.29 is 4.79 Å². The molecule has 1 heterocycles. The van der Waals surface area contributed by atoms with Gasteiger partial charge in [0.05, 0.1) is 12.4 Å². The van der Waals surface area contributed by atoms with Gasteiger partial charge in [0, 0.05) is 13.1 Å². The molecule has 1 amide bonds.